The van der Waals surface area contributed by atoms with E-state index in [2.05, 4.69) is 12.1 Å². The summed E-state index contributed by atoms with van der Waals surface area (Å²) in [6.07, 6.45) is 6.26. The Morgan fingerprint density at radius 3 is 2.44 bits per heavy atom. The van der Waals surface area contributed by atoms with Gasteiger partial charge in [-0.05, 0) is 43.4 Å². The van der Waals surface area contributed by atoms with Crippen molar-refractivity contribution in [3.63, 3.8) is 0 Å². The molecule has 1 atom stereocenters. The number of hydrogen-bond acceptors (Lipinski definition) is 3. The van der Waals surface area contributed by atoms with E-state index < -0.39 is 6.10 Å². The molecule has 3 heteroatoms. The lowest BCUT2D eigenvalue weighted by molar-refractivity contribution is 0.152. The zero-order chi connectivity index (χ0) is 12.8. The van der Waals surface area contributed by atoms with E-state index in [9.17, 15) is 5.11 Å². The first kappa shape index (κ1) is 13.9. The minimum atomic E-state index is -0.442. The topological polar surface area (TPSA) is 40.5 Å². The number of aliphatic hydroxyl groups is 2. The Labute approximate surface area is 113 Å². The van der Waals surface area contributed by atoms with Crippen molar-refractivity contribution in [2.75, 3.05) is 6.61 Å². The Bertz CT molecular complexity index is 344. The Morgan fingerprint density at radius 1 is 1.17 bits per heavy atom. The number of benzene rings is 1. The number of aliphatic hydroxyl groups excluding tert-OH is 2. The van der Waals surface area contributed by atoms with Gasteiger partial charge >= 0.3 is 0 Å². The molecular formula is C15H22O2S. The molecule has 1 fully saturated rings. The fourth-order valence-electron chi connectivity index (χ4n) is 2.42. The van der Waals surface area contributed by atoms with E-state index in [1.165, 1.54) is 30.6 Å². The van der Waals surface area contributed by atoms with Gasteiger partial charge in [-0.15, -0.1) is 11.8 Å². The van der Waals surface area contributed by atoms with Crippen LogP contribution in [0.1, 0.15) is 50.2 Å². The average molecular weight is 266 g/mol. The monoisotopic (exact) mass is 266 g/mol. The van der Waals surface area contributed by atoms with Gasteiger partial charge in [-0.2, -0.15) is 0 Å². The minimum Gasteiger partial charge on any atom is -0.396 e. The van der Waals surface area contributed by atoms with E-state index in [1.807, 2.05) is 23.9 Å². The molecule has 0 saturated heterocycles. The van der Waals surface area contributed by atoms with E-state index in [0.29, 0.717) is 12.8 Å². The summed E-state index contributed by atoms with van der Waals surface area (Å²) in [6.45, 7) is 0.146. The second-order valence-electron chi connectivity index (χ2n) is 4.97. The standard InChI is InChI=1S/C15H22O2S/c16-11-3-6-15(17)12-7-9-14(10-8-12)18-13-4-1-2-5-13/h7-10,13,15-17H,1-6,11H2. The number of thioether (sulfide) groups is 1. The highest BCUT2D eigenvalue weighted by molar-refractivity contribution is 8.00. The summed E-state index contributed by atoms with van der Waals surface area (Å²) in [7, 11) is 0. The van der Waals surface area contributed by atoms with E-state index in [0.717, 1.165) is 10.8 Å². The first-order valence-corrected chi connectivity index (χ1v) is 7.73. The third-order valence-corrected chi connectivity index (χ3v) is 4.85. The molecule has 1 unspecified atom stereocenters. The second kappa shape index (κ2) is 7.17. The van der Waals surface area contributed by atoms with Crippen LogP contribution in [0.2, 0.25) is 0 Å². The Hall–Kier alpha value is -0.510. The van der Waals surface area contributed by atoms with Gasteiger partial charge in [0.2, 0.25) is 0 Å². The predicted molar refractivity (Wildman–Crippen MR) is 75.8 cm³/mol. The molecular weight excluding hydrogens is 244 g/mol. The Balaban J connectivity index is 1.88. The van der Waals surface area contributed by atoms with Gasteiger partial charge in [0.15, 0.2) is 0 Å². The maximum absolute atomic E-state index is 9.91. The zero-order valence-electron chi connectivity index (χ0n) is 10.7. The molecule has 2 rings (SSSR count). The van der Waals surface area contributed by atoms with Gasteiger partial charge in [-0.25, -0.2) is 0 Å². The van der Waals surface area contributed by atoms with Crippen LogP contribution >= 0.6 is 11.8 Å². The Kier molecular flexibility index (Phi) is 5.54. The van der Waals surface area contributed by atoms with Gasteiger partial charge in [0.25, 0.3) is 0 Å². The van der Waals surface area contributed by atoms with Crippen molar-refractivity contribution in [1.82, 2.24) is 0 Å². The summed E-state index contributed by atoms with van der Waals surface area (Å²) in [5, 5.41) is 19.4. The fraction of sp³-hybridized carbons (Fsp3) is 0.600. The molecule has 1 aliphatic carbocycles. The first-order valence-electron chi connectivity index (χ1n) is 6.85. The lowest BCUT2D eigenvalue weighted by Gasteiger charge is -2.12. The van der Waals surface area contributed by atoms with Crippen LogP contribution in [-0.2, 0) is 0 Å². The van der Waals surface area contributed by atoms with Gasteiger partial charge in [-0.3, -0.25) is 0 Å². The van der Waals surface area contributed by atoms with Gasteiger partial charge in [0.05, 0.1) is 6.10 Å². The smallest absolute Gasteiger partial charge is 0.0790 e. The average Bonchev–Trinajstić information content (AvgIpc) is 2.89. The van der Waals surface area contributed by atoms with Gasteiger partial charge in [0, 0.05) is 16.8 Å². The SMILES string of the molecule is OCCCC(O)c1ccc(SC2CCCC2)cc1. The van der Waals surface area contributed by atoms with Crippen molar-refractivity contribution in [2.24, 2.45) is 0 Å². The van der Waals surface area contributed by atoms with Crippen molar-refractivity contribution in [3.8, 4) is 0 Å². The van der Waals surface area contributed by atoms with Crippen molar-refractivity contribution in [3.05, 3.63) is 29.8 Å². The van der Waals surface area contributed by atoms with E-state index in [-0.39, 0.29) is 6.61 Å². The molecule has 100 valence electrons. The summed E-state index contributed by atoms with van der Waals surface area (Å²) in [4.78, 5) is 1.31. The lowest BCUT2D eigenvalue weighted by atomic mass is 10.1. The van der Waals surface area contributed by atoms with Crippen LogP contribution in [0.3, 0.4) is 0 Å². The van der Waals surface area contributed by atoms with Crippen molar-refractivity contribution >= 4 is 11.8 Å². The highest BCUT2D eigenvalue weighted by Crippen LogP contribution is 2.35. The summed E-state index contributed by atoms with van der Waals surface area (Å²) in [5.74, 6) is 0. The zero-order valence-corrected chi connectivity index (χ0v) is 11.5. The van der Waals surface area contributed by atoms with Crippen LogP contribution in [0, 0.1) is 0 Å². The van der Waals surface area contributed by atoms with Crippen LogP contribution in [0.4, 0.5) is 0 Å². The lowest BCUT2D eigenvalue weighted by Crippen LogP contribution is -1.99. The van der Waals surface area contributed by atoms with Crippen molar-refractivity contribution < 1.29 is 10.2 Å². The highest BCUT2D eigenvalue weighted by atomic mass is 32.2. The quantitative estimate of drug-likeness (QED) is 0.827. The van der Waals surface area contributed by atoms with Crippen molar-refractivity contribution in [2.45, 2.75) is 54.8 Å². The third-order valence-electron chi connectivity index (χ3n) is 3.51. The molecule has 0 radical (unpaired) electrons. The Morgan fingerprint density at radius 2 is 1.83 bits per heavy atom. The summed E-state index contributed by atoms with van der Waals surface area (Å²) < 4.78 is 0. The molecule has 2 nitrogen and oxygen atoms in total. The van der Waals surface area contributed by atoms with Crippen molar-refractivity contribution in [1.29, 1.82) is 0 Å². The van der Waals surface area contributed by atoms with E-state index >= 15 is 0 Å². The molecule has 1 aliphatic rings. The molecule has 1 aromatic carbocycles. The second-order valence-corrected chi connectivity index (χ2v) is 6.35. The van der Waals surface area contributed by atoms with Crippen LogP contribution in [0.5, 0.6) is 0 Å². The van der Waals surface area contributed by atoms with E-state index in [1.54, 1.807) is 0 Å². The third kappa shape index (κ3) is 4.01. The molecule has 1 saturated carbocycles. The normalized spacial score (nSPS) is 18.1. The van der Waals surface area contributed by atoms with Crippen LogP contribution in [0.15, 0.2) is 29.2 Å². The highest BCUT2D eigenvalue weighted by Gasteiger charge is 2.16. The molecule has 1 aromatic rings. The molecule has 0 bridgehead atoms. The van der Waals surface area contributed by atoms with Gasteiger partial charge in [-0.1, -0.05) is 25.0 Å². The molecule has 18 heavy (non-hydrogen) atoms. The molecule has 0 spiro atoms. The van der Waals surface area contributed by atoms with Crippen LogP contribution < -0.4 is 0 Å². The predicted octanol–water partition coefficient (Wildman–Crippen LogP) is 3.53. The largest absolute Gasteiger partial charge is 0.396 e. The first-order chi connectivity index (χ1) is 8.79. The van der Waals surface area contributed by atoms with E-state index in [4.69, 9.17) is 5.11 Å². The molecule has 0 aliphatic heterocycles. The number of hydrogen-bond donors (Lipinski definition) is 2. The molecule has 0 amide bonds. The molecule has 0 heterocycles. The summed E-state index contributed by atoms with van der Waals surface area (Å²) in [5.41, 5.74) is 0.958. The fourth-order valence-corrected chi connectivity index (χ4v) is 3.67. The number of rotatable bonds is 6. The van der Waals surface area contributed by atoms with Crippen LogP contribution in [-0.4, -0.2) is 22.1 Å². The molecule has 2 N–H and O–H groups in total. The van der Waals surface area contributed by atoms with Gasteiger partial charge < -0.3 is 10.2 Å². The minimum absolute atomic E-state index is 0.146. The summed E-state index contributed by atoms with van der Waals surface area (Å²) >= 11 is 1.97. The maximum atomic E-state index is 9.91. The maximum Gasteiger partial charge on any atom is 0.0790 e. The molecule has 0 aromatic heterocycles. The van der Waals surface area contributed by atoms with Crippen LogP contribution in [0.25, 0.3) is 0 Å². The van der Waals surface area contributed by atoms with Gasteiger partial charge in [0.1, 0.15) is 0 Å². The summed E-state index contributed by atoms with van der Waals surface area (Å²) in [6, 6.07) is 8.25.